The Kier molecular flexibility index (Phi) is 3.32. The van der Waals surface area contributed by atoms with Crippen LogP contribution in [0.1, 0.15) is 12.8 Å². The molecule has 18 heavy (non-hydrogen) atoms. The summed E-state index contributed by atoms with van der Waals surface area (Å²) >= 11 is 0. The summed E-state index contributed by atoms with van der Waals surface area (Å²) < 4.78 is 50.5. The van der Waals surface area contributed by atoms with E-state index in [-0.39, 0.29) is 16.6 Å². The fraction of sp³-hybridized carbons (Fsp3) is 0.333. The summed E-state index contributed by atoms with van der Waals surface area (Å²) in [5.41, 5.74) is -0.0619. The van der Waals surface area contributed by atoms with Gasteiger partial charge in [-0.2, -0.15) is 13.1 Å². The third-order valence-electron chi connectivity index (χ3n) is 2.34. The molecule has 0 unspecified atom stereocenters. The molecule has 1 aliphatic carbocycles. The van der Waals surface area contributed by atoms with Crippen LogP contribution in [-0.2, 0) is 20.2 Å². The number of rotatable bonds is 5. The van der Waals surface area contributed by atoms with Crippen LogP contribution in [0.4, 0.5) is 5.69 Å². The molecule has 0 aromatic heterocycles. The zero-order chi connectivity index (χ0) is 13.4. The van der Waals surface area contributed by atoms with Gasteiger partial charge in [-0.25, -0.2) is 13.6 Å². The Labute approximate surface area is 106 Å². The number of nitrogens with one attached hydrogen (secondary N) is 2. The lowest BCUT2D eigenvalue weighted by Gasteiger charge is -2.11. The van der Waals surface area contributed by atoms with Gasteiger partial charge in [0.05, 0.1) is 5.69 Å². The molecule has 0 atom stereocenters. The maximum atomic E-state index is 11.7. The van der Waals surface area contributed by atoms with Crippen molar-refractivity contribution in [1.29, 1.82) is 0 Å². The Balaban J connectivity index is 2.29. The molecule has 1 aliphatic rings. The zero-order valence-electron chi connectivity index (χ0n) is 9.33. The van der Waals surface area contributed by atoms with Crippen molar-refractivity contribution in [3.05, 3.63) is 24.3 Å². The first-order valence-electron chi connectivity index (χ1n) is 5.20. The van der Waals surface area contributed by atoms with Gasteiger partial charge in [-0.05, 0) is 25.0 Å². The number of nitrogens with two attached hydrogens (primary N) is 1. The lowest BCUT2D eigenvalue weighted by Crippen LogP contribution is -2.32. The van der Waals surface area contributed by atoms with E-state index in [0.29, 0.717) is 0 Å². The van der Waals surface area contributed by atoms with E-state index in [1.807, 2.05) is 0 Å². The third-order valence-corrected chi connectivity index (χ3v) is 4.44. The summed E-state index contributed by atoms with van der Waals surface area (Å²) in [6, 6.07) is 5.50. The van der Waals surface area contributed by atoms with Gasteiger partial charge in [0.15, 0.2) is 0 Å². The lowest BCUT2D eigenvalue weighted by molar-refractivity contribution is 0.586. The first kappa shape index (κ1) is 13.3. The molecule has 1 fully saturated rings. The molecule has 0 bridgehead atoms. The summed E-state index contributed by atoms with van der Waals surface area (Å²) in [4.78, 5) is -0.258. The molecular formula is C9H13N3O4S2. The third kappa shape index (κ3) is 3.42. The van der Waals surface area contributed by atoms with E-state index in [9.17, 15) is 16.8 Å². The highest BCUT2D eigenvalue weighted by atomic mass is 32.2. The molecular weight excluding hydrogens is 278 g/mol. The number of hydrogen-bond donors (Lipinski definition) is 3. The summed E-state index contributed by atoms with van der Waals surface area (Å²) in [6.45, 7) is 0. The molecule has 0 saturated heterocycles. The maximum Gasteiger partial charge on any atom is 0.299 e. The van der Waals surface area contributed by atoms with Gasteiger partial charge in [0, 0.05) is 6.04 Å². The number of hydrogen-bond acceptors (Lipinski definition) is 4. The zero-order valence-corrected chi connectivity index (χ0v) is 11.0. The van der Waals surface area contributed by atoms with Crippen LogP contribution in [0.15, 0.2) is 29.2 Å². The number of anilines is 1. The van der Waals surface area contributed by atoms with E-state index >= 15 is 0 Å². The van der Waals surface area contributed by atoms with Gasteiger partial charge in [-0.1, -0.05) is 12.1 Å². The summed E-state index contributed by atoms with van der Waals surface area (Å²) in [7, 11) is -7.75. The first-order valence-corrected chi connectivity index (χ1v) is 8.23. The minimum atomic E-state index is -3.97. The molecule has 4 N–H and O–H groups in total. The number of para-hydroxylation sites is 1. The monoisotopic (exact) mass is 291 g/mol. The Morgan fingerprint density at radius 2 is 1.72 bits per heavy atom. The second-order valence-electron chi connectivity index (χ2n) is 4.04. The van der Waals surface area contributed by atoms with Crippen molar-refractivity contribution in [2.45, 2.75) is 23.8 Å². The standard InChI is InChI=1S/C9H13N3O4S2/c10-17(13,14)9-4-2-1-3-8(9)12-18(15,16)11-7-5-6-7/h1-4,7,11-12H,5-6H2,(H2,10,13,14). The predicted molar refractivity (Wildman–Crippen MR) is 66.5 cm³/mol. The van der Waals surface area contributed by atoms with Gasteiger partial charge in [-0.3, -0.25) is 4.72 Å². The SMILES string of the molecule is NS(=O)(=O)c1ccccc1NS(=O)(=O)NC1CC1. The Morgan fingerprint density at radius 1 is 1.11 bits per heavy atom. The molecule has 0 radical (unpaired) electrons. The van der Waals surface area contributed by atoms with Crippen LogP contribution in [0.5, 0.6) is 0 Å². The van der Waals surface area contributed by atoms with Crippen LogP contribution >= 0.6 is 0 Å². The number of primary sulfonamides is 1. The molecule has 0 aliphatic heterocycles. The minimum absolute atomic E-state index is 0.0619. The van der Waals surface area contributed by atoms with Crippen molar-refractivity contribution in [2.24, 2.45) is 5.14 Å². The normalized spacial score (nSPS) is 16.5. The van der Waals surface area contributed by atoms with E-state index < -0.39 is 20.2 Å². The van der Waals surface area contributed by atoms with E-state index in [1.165, 1.54) is 24.3 Å². The van der Waals surface area contributed by atoms with Crippen molar-refractivity contribution >= 4 is 25.9 Å². The average Bonchev–Trinajstić information content (AvgIpc) is 2.99. The van der Waals surface area contributed by atoms with Gasteiger partial charge in [0.25, 0.3) is 10.2 Å². The van der Waals surface area contributed by atoms with Crippen molar-refractivity contribution < 1.29 is 16.8 Å². The van der Waals surface area contributed by atoms with Crippen LogP contribution < -0.4 is 14.6 Å². The van der Waals surface area contributed by atoms with Gasteiger partial charge in [0.2, 0.25) is 10.0 Å². The fourth-order valence-electron chi connectivity index (χ4n) is 1.39. The molecule has 0 amide bonds. The quantitative estimate of drug-likeness (QED) is 0.692. The molecule has 7 nitrogen and oxygen atoms in total. The summed E-state index contributed by atoms with van der Waals surface area (Å²) in [5, 5.41) is 5.01. The van der Waals surface area contributed by atoms with Crippen molar-refractivity contribution in [3.63, 3.8) is 0 Å². The van der Waals surface area contributed by atoms with Crippen molar-refractivity contribution in [3.8, 4) is 0 Å². The fourth-order valence-corrected chi connectivity index (χ4v) is 3.35. The number of benzene rings is 1. The molecule has 0 spiro atoms. The smallest absolute Gasteiger partial charge is 0.270 e. The minimum Gasteiger partial charge on any atom is -0.270 e. The van der Waals surface area contributed by atoms with Gasteiger partial charge in [0.1, 0.15) is 4.90 Å². The summed E-state index contributed by atoms with van der Waals surface area (Å²) in [5.74, 6) is 0. The highest BCUT2D eigenvalue weighted by molar-refractivity contribution is 7.91. The molecule has 1 aromatic rings. The van der Waals surface area contributed by atoms with E-state index in [4.69, 9.17) is 5.14 Å². The van der Waals surface area contributed by atoms with Crippen LogP contribution in [0.3, 0.4) is 0 Å². The number of sulfonamides is 1. The van der Waals surface area contributed by atoms with Crippen LogP contribution in [0, 0.1) is 0 Å². The topological polar surface area (TPSA) is 118 Å². The molecule has 9 heteroatoms. The van der Waals surface area contributed by atoms with Crippen molar-refractivity contribution in [2.75, 3.05) is 4.72 Å². The Bertz CT molecular complexity index is 650. The van der Waals surface area contributed by atoms with Crippen LogP contribution in [-0.4, -0.2) is 22.9 Å². The van der Waals surface area contributed by atoms with Gasteiger partial charge < -0.3 is 0 Å². The van der Waals surface area contributed by atoms with E-state index in [1.54, 1.807) is 0 Å². The predicted octanol–water partition coefficient (Wildman–Crippen LogP) is -0.257. The molecule has 1 aromatic carbocycles. The van der Waals surface area contributed by atoms with Crippen molar-refractivity contribution in [1.82, 2.24) is 4.72 Å². The second-order valence-corrected chi connectivity index (χ2v) is 7.02. The van der Waals surface area contributed by atoms with Crippen LogP contribution in [0.2, 0.25) is 0 Å². The average molecular weight is 291 g/mol. The second kappa shape index (κ2) is 4.50. The van der Waals surface area contributed by atoms with E-state index in [0.717, 1.165) is 12.8 Å². The Morgan fingerprint density at radius 3 is 2.28 bits per heavy atom. The highest BCUT2D eigenvalue weighted by Gasteiger charge is 2.27. The maximum absolute atomic E-state index is 11.7. The summed E-state index contributed by atoms with van der Waals surface area (Å²) in [6.07, 6.45) is 1.58. The van der Waals surface area contributed by atoms with Gasteiger partial charge in [-0.15, -0.1) is 0 Å². The first-order chi connectivity index (χ1) is 8.28. The molecule has 2 rings (SSSR count). The Hall–Kier alpha value is -1.16. The lowest BCUT2D eigenvalue weighted by atomic mass is 10.3. The largest absolute Gasteiger partial charge is 0.299 e. The van der Waals surface area contributed by atoms with Crippen LogP contribution in [0.25, 0.3) is 0 Å². The highest BCUT2D eigenvalue weighted by Crippen LogP contribution is 2.23. The molecule has 0 heterocycles. The molecule has 1 saturated carbocycles. The molecule has 100 valence electrons. The van der Waals surface area contributed by atoms with Gasteiger partial charge >= 0.3 is 0 Å². The van der Waals surface area contributed by atoms with E-state index in [2.05, 4.69) is 9.44 Å².